The molecule has 146 valence electrons. The third-order valence-corrected chi connectivity index (χ3v) is 4.79. The van der Waals surface area contributed by atoms with Gasteiger partial charge in [0.25, 0.3) is 0 Å². The van der Waals surface area contributed by atoms with Crippen molar-refractivity contribution in [1.29, 1.82) is 0 Å². The lowest BCUT2D eigenvalue weighted by Gasteiger charge is -2.28. The highest BCUT2D eigenvalue weighted by Crippen LogP contribution is 2.21. The van der Waals surface area contributed by atoms with Gasteiger partial charge in [0.05, 0.1) is 20.3 Å². The fourth-order valence-electron chi connectivity index (χ4n) is 3.28. The zero-order valence-electron chi connectivity index (χ0n) is 16.0. The summed E-state index contributed by atoms with van der Waals surface area (Å²) in [5.41, 5.74) is 2.38. The molecule has 1 fully saturated rings. The maximum atomic E-state index is 10.3. The van der Waals surface area contributed by atoms with Crippen molar-refractivity contribution in [3.63, 3.8) is 0 Å². The Hall–Kier alpha value is -2.08. The first-order valence-corrected chi connectivity index (χ1v) is 9.56. The molecule has 0 spiro atoms. The van der Waals surface area contributed by atoms with Crippen LogP contribution in [0.4, 0.5) is 0 Å². The fraction of sp³-hybridized carbons (Fsp3) is 0.455. The van der Waals surface area contributed by atoms with Crippen molar-refractivity contribution in [2.24, 2.45) is 0 Å². The first-order valence-electron chi connectivity index (χ1n) is 9.56. The Bertz CT molecular complexity index is 700. The Balaban J connectivity index is 1.52. The molecule has 1 heterocycles. The number of morpholine rings is 1. The highest BCUT2D eigenvalue weighted by molar-refractivity contribution is 5.35. The summed E-state index contributed by atoms with van der Waals surface area (Å²) in [6.07, 6.45) is 1.28. The topological polar surface area (TPSA) is 51.2 Å². The van der Waals surface area contributed by atoms with Crippen LogP contribution in [-0.2, 0) is 17.6 Å². The van der Waals surface area contributed by atoms with E-state index in [4.69, 9.17) is 14.2 Å². The summed E-state index contributed by atoms with van der Waals surface area (Å²) in [7, 11) is 1.68. The average Bonchev–Trinajstić information content (AvgIpc) is 2.72. The predicted molar refractivity (Wildman–Crippen MR) is 106 cm³/mol. The summed E-state index contributed by atoms with van der Waals surface area (Å²) in [6.45, 7) is 4.13. The summed E-state index contributed by atoms with van der Waals surface area (Å²) < 4.78 is 16.6. The Morgan fingerprint density at radius 1 is 1.07 bits per heavy atom. The molecule has 0 saturated carbocycles. The number of nitrogens with zero attached hydrogens (tertiary/aromatic N) is 1. The van der Waals surface area contributed by atoms with Crippen LogP contribution in [0.25, 0.3) is 0 Å². The number of methoxy groups -OCH3 is 1. The summed E-state index contributed by atoms with van der Waals surface area (Å²) in [5.74, 6) is 1.73. The lowest BCUT2D eigenvalue weighted by molar-refractivity contribution is 0.00457. The van der Waals surface area contributed by atoms with Crippen LogP contribution in [0.1, 0.15) is 11.1 Å². The zero-order valence-corrected chi connectivity index (χ0v) is 16.0. The van der Waals surface area contributed by atoms with E-state index in [-0.39, 0.29) is 0 Å². The van der Waals surface area contributed by atoms with Crippen molar-refractivity contribution >= 4 is 0 Å². The molecule has 1 N–H and O–H groups in total. The molecule has 2 aromatic carbocycles. The molecule has 0 bridgehead atoms. The summed E-state index contributed by atoms with van der Waals surface area (Å²) >= 11 is 0. The van der Waals surface area contributed by atoms with Gasteiger partial charge in [-0.05, 0) is 42.2 Å². The van der Waals surface area contributed by atoms with Gasteiger partial charge in [-0.3, -0.25) is 4.90 Å². The largest absolute Gasteiger partial charge is 0.497 e. The van der Waals surface area contributed by atoms with Gasteiger partial charge in [-0.1, -0.05) is 30.3 Å². The van der Waals surface area contributed by atoms with Gasteiger partial charge in [0.1, 0.15) is 24.2 Å². The Labute approximate surface area is 161 Å². The quantitative estimate of drug-likeness (QED) is 0.734. The van der Waals surface area contributed by atoms with Crippen LogP contribution in [0.3, 0.4) is 0 Å². The van der Waals surface area contributed by atoms with E-state index in [9.17, 15) is 5.11 Å². The van der Waals surface area contributed by atoms with Crippen LogP contribution in [-0.4, -0.2) is 62.7 Å². The second kappa shape index (κ2) is 10.3. The molecular formula is C22H29NO4. The lowest BCUT2D eigenvalue weighted by atomic mass is 10.0. The molecule has 1 unspecified atom stereocenters. The molecule has 0 radical (unpaired) electrons. The summed E-state index contributed by atoms with van der Waals surface area (Å²) in [4.78, 5) is 2.21. The number of aliphatic hydroxyl groups excluding tert-OH is 1. The monoisotopic (exact) mass is 371 g/mol. The number of benzene rings is 2. The number of ether oxygens (including phenoxy) is 3. The first kappa shape index (κ1) is 19.7. The number of β-amino-alcohol motifs (C(OH)–C–C–N with tert-alkyl or cyclic N) is 1. The van der Waals surface area contributed by atoms with Crippen molar-refractivity contribution in [3.05, 3.63) is 59.7 Å². The van der Waals surface area contributed by atoms with Crippen LogP contribution in [0.5, 0.6) is 11.5 Å². The normalized spacial score (nSPS) is 16.1. The molecule has 0 aliphatic carbocycles. The Morgan fingerprint density at radius 3 is 2.70 bits per heavy atom. The van der Waals surface area contributed by atoms with Gasteiger partial charge < -0.3 is 19.3 Å². The maximum Gasteiger partial charge on any atom is 0.122 e. The minimum atomic E-state index is -0.505. The SMILES string of the molecule is COc1cccc(CCc2ccccc2OCC(O)CN2CCOCC2)c1. The third kappa shape index (κ3) is 6.24. The molecule has 0 aromatic heterocycles. The van der Waals surface area contributed by atoms with Crippen LogP contribution in [0.15, 0.2) is 48.5 Å². The van der Waals surface area contributed by atoms with Gasteiger partial charge in [0.15, 0.2) is 0 Å². The van der Waals surface area contributed by atoms with Gasteiger partial charge >= 0.3 is 0 Å². The van der Waals surface area contributed by atoms with E-state index < -0.39 is 6.10 Å². The molecule has 5 heteroatoms. The molecule has 2 aromatic rings. The van der Waals surface area contributed by atoms with Crippen molar-refractivity contribution in [3.8, 4) is 11.5 Å². The lowest BCUT2D eigenvalue weighted by Crippen LogP contribution is -2.42. The number of para-hydroxylation sites is 1. The molecule has 0 amide bonds. The highest BCUT2D eigenvalue weighted by atomic mass is 16.5. The van der Waals surface area contributed by atoms with E-state index in [1.165, 1.54) is 5.56 Å². The number of aliphatic hydroxyl groups is 1. The Kier molecular flexibility index (Phi) is 7.51. The van der Waals surface area contributed by atoms with Crippen LogP contribution < -0.4 is 9.47 Å². The first-order chi connectivity index (χ1) is 13.2. The molecule has 5 nitrogen and oxygen atoms in total. The predicted octanol–water partition coefficient (Wildman–Crippen LogP) is 2.55. The molecule has 3 rings (SSSR count). The molecule has 1 atom stereocenters. The highest BCUT2D eigenvalue weighted by Gasteiger charge is 2.16. The van der Waals surface area contributed by atoms with E-state index in [2.05, 4.69) is 23.1 Å². The van der Waals surface area contributed by atoms with Gasteiger partial charge in [-0.2, -0.15) is 0 Å². The Morgan fingerprint density at radius 2 is 1.89 bits per heavy atom. The van der Waals surface area contributed by atoms with Crippen molar-refractivity contribution in [2.75, 3.05) is 46.6 Å². The minimum Gasteiger partial charge on any atom is -0.497 e. The number of hydrogen-bond acceptors (Lipinski definition) is 5. The van der Waals surface area contributed by atoms with Crippen LogP contribution >= 0.6 is 0 Å². The van der Waals surface area contributed by atoms with Gasteiger partial charge in [0.2, 0.25) is 0 Å². The van der Waals surface area contributed by atoms with Crippen LogP contribution in [0.2, 0.25) is 0 Å². The molecule has 27 heavy (non-hydrogen) atoms. The number of rotatable bonds is 9. The van der Waals surface area contributed by atoms with Crippen LogP contribution in [0, 0.1) is 0 Å². The number of hydrogen-bond donors (Lipinski definition) is 1. The van der Waals surface area contributed by atoms with Crippen molar-refractivity contribution in [1.82, 2.24) is 4.90 Å². The second-order valence-corrected chi connectivity index (χ2v) is 6.84. The standard InChI is InChI=1S/C22H29NO4/c1-25-21-7-4-5-18(15-21)9-10-19-6-2-3-8-22(19)27-17-20(24)16-23-11-13-26-14-12-23/h2-8,15,20,24H,9-14,16-17H2,1H3. The zero-order chi connectivity index (χ0) is 18.9. The second-order valence-electron chi connectivity index (χ2n) is 6.84. The summed E-state index contributed by atoms with van der Waals surface area (Å²) in [5, 5.41) is 10.3. The smallest absolute Gasteiger partial charge is 0.122 e. The summed E-state index contributed by atoms with van der Waals surface area (Å²) in [6, 6.07) is 16.2. The van der Waals surface area contributed by atoms with E-state index >= 15 is 0 Å². The average molecular weight is 371 g/mol. The van der Waals surface area contributed by atoms with E-state index in [1.54, 1.807) is 7.11 Å². The van der Waals surface area contributed by atoms with Crippen molar-refractivity contribution in [2.45, 2.75) is 18.9 Å². The molecular weight excluding hydrogens is 342 g/mol. The van der Waals surface area contributed by atoms with E-state index in [1.807, 2.05) is 30.3 Å². The fourth-order valence-corrected chi connectivity index (χ4v) is 3.28. The van der Waals surface area contributed by atoms with Crippen molar-refractivity contribution < 1.29 is 19.3 Å². The number of aryl methyl sites for hydroxylation is 2. The van der Waals surface area contributed by atoms with E-state index in [0.717, 1.165) is 56.2 Å². The molecule has 1 aliphatic heterocycles. The molecule has 1 saturated heterocycles. The maximum absolute atomic E-state index is 10.3. The van der Waals surface area contributed by atoms with Gasteiger partial charge in [-0.25, -0.2) is 0 Å². The van der Waals surface area contributed by atoms with E-state index in [0.29, 0.717) is 13.2 Å². The van der Waals surface area contributed by atoms with Gasteiger partial charge in [0, 0.05) is 19.6 Å². The molecule has 1 aliphatic rings. The minimum absolute atomic E-state index is 0.299. The van der Waals surface area contributed by atoms with Gasteiger partial charge in [-0.15, -0.1) is 0 Å². The third-order valence-electron chi connectivity index (χ3n) is 4.79.